The fraction of sp³-hybridized carbons (Fsp3) is 0.375. The van der Waals surface area contributed by atoms with Crippen molar-refractivity contribution in [2.24, 2.45) is 5.73 Å². The van der Waals surface area contributed by atoms with Gasteiger partial charge in [-0.2, -0.15) is 4.72 Å². The van der Waals surface area contributed by atoms with Crippen molar-refractivity contribution in [3.8, 4) is 0 Å². The largest absolute Gasteiger partial charge is 0.368 e. The van der Waals surface area contributed by atoms with Crippen LogP contribution in [0, 0.1) is 6.92 Å². The second kappa shape index (κ2) is 4.82. The summed E-state index contributed by atoms with van der Waals surface area (Å²) in [4.78, 5) is 11.6. The van der Waals surface area contributed by atoms with Crippen LogP contribution in [0.2, 0.25) is 0 Å². The molecule has 1 rings (SSSR count). The molecule has 3 N–H and O–H groups in total. The minimum Gasteiger partial charge on any atom is -0.368 e. The lowest BCUT2D eigenvalue weighted by atomic mass is 10.4. The fourth-order valence-electron chi connectivity index (χ4n) is 1.05. The Balaban J connectivity index is 3.03. The van der Waals surface area contributed by atoms with Gasteiger partial charge < -0.3 is 5.73 Å². The lowest BCUT2D eigenvalue weighted by molar-refractivity contribution is -0.119. The molecule has 90 valence electrons. The molecule has 0 saturated heterocycles. The second-order valence-corrected chi connectivity index (χ2v) is 7.53. The summed E-state index contributed by atoms with van der Waals surface area (Å²) in [6, 6.07) is 0.568. The molecule has 1 amide bonds. The molecule has 0 bridgehead atoms. The van der Waals surface area contributed by atoms with Crippen molar-refractivity contribution >= 4 is 43.2 Å². The molecular formula is C8H11BrN2O3S2. The van der Waals surface area contributed by atoms with Crippen molar-refractivity contribution < 1.29 is 13.2 Å². The van der Waals surface area contributed by atoms with Gasteiger partial charge in [0.15, 0.2) is 0 Å². The summed E-state index contributed by atoms with van der Waals surface area (Å²) in [5.74, 6) is -0.712. The smallest absolute Gasteiger partial charge is 0.242 e. The molecule has 1 aromatic rings. The third kappa shape index (κ3) is 3.03. The van der Waals surface area contributed by atoms with E-state index in [-0.39, 0.29) is 4.90 Å². The van der Waals surface area contributed by atoms with Gasteiger partial charge in [0, 0.05) is 4.88 Å². The first kappa shape index (κ1) is 13.6. The molecule has 0 aliphatic carbocycles. The highest BCUT2D eigenvalue weighted by molar-refractivity contribution is 9.11. The lowest BCUT2D eigenvalue weighted by Crippen LogP contribution is -2.42. The van der Waals surface area contributed by atoms with Gasteiger partial charge in [-0.15, -0.1) is 11.3 Å². The number of carbonyl (C=O) groups excluding carboxylic acids is 1. The highest BCUT2D eigenvalue weighted by Crippen LogP contribution is 2.29. The van der Waals surface area contributed by atoms with E-state index in [0.717, 1.165) is 3.79 Å². The zero-order valence-electron chi connectivity index (χ0n) is 8.65. The van der Waals surface area contributed by atoms with Crippen molar-refractivity contribution in [1.82, 2.24) is 4.72 Å². The van der Waals surface area contributed by atoms with Crippen LogP contribution in [0.3, 0.4) is 0 Å². The van der Waals surface area contributed by atoms with Crippen LogP contribution in [0.5, 0.6) is 0 Å². The highest BCUT2D eigenvalue weighted by Gasteiger charge is 2.23. The van der Waals surface area contributed by atoms with Gasteiger partial charge in [-0.25, -0.2) is 8.42 Å². The van der Waals surface area contributed by atoms with Gasteiger partial charge in [0.05, 0.1) is 14.7 Å². The Labute approximate surface area is 106 Å². The minimum absolute atomic E-state index is 0.164. The zero-order valence-corrected chi connectivity index (χ0v) is 11.9. The van der Waals surface area contributed by atoms with Crippen LogP contribution in [0.25, 0.3) is 0 Å². The van der Waals surface area contributed by atoms with Crippen molar-refractivity contribution in [3.05, 3.63) is 14.7 Å². The summed E-state index contributed by atoms with van der Waals surface area (Å²) >= 11 is 4.52. The van der Waals surface area contributed by atoms with E-state index in [0.29, 0.717) is 4.88 Å². The number of hydrogen-bond donors (Lipinski definition) is 2. The summed E-state index contributed by atoms with van der Waals surface area (Å²) in [7, 11) is -3.68. The molecule has 0 radical (unpaired) electrons. The Morgan fingerprint density at radius 1 is 1.62 bits per heavy atom. The number of rotatable bonds is 4. The maximum atomic E-state index is 11.8. The molecular weight excluding hydrogens is 316 g/mol. The molecule has 5 nitrogen and oxygen atoms in total. The number of thiophene rings is 1. The monoisotopic (exact) mass is 326 g/mol. The molecule has 0 spiro atoms. The predicted molar refractivity (Wildman–Crippen MR) is 65.7 cm³/mol. The maximum Gasteiger partial charge on any atom is 0.242 e. The quantitative estimate of drug-likeness (QED) is 0.863. The topological polar surface area (TPSA) is 89.3 Å². The molecule has 0 saturated carbocycles. The van der Waals surface area contributed by atoms with Crippen LogP contribution in [-0.4, -0.2) is 20.4 Å². The molecule has 0 aliphatic heterocycles. The summed E-state index contributed by atoms with van der Waals surface area (Å²) in [6.07, 6.45) is 0. The van der Waals surface area contributed by atoms with Crippen LogP contribution in [0.1, 0.15) is 11.8 Å². The first-order chi connectivity index (χ1) is 7.24. The predicted octanol–water partition coefficient (Wildman–Crippen LogP) is 0.971. The molecule has 1 unspecified atom stereocenters. The summed E-state index contributed by atoms with van der Waals surface area (Å²) in [6.45, 7) is 3.09. The molecule has 0 aromatic carbocycles. The van der Waals surface area contributed by atoms with Crippen molar-refractivity contribution in [2.75, 3.05) is 0 Å². The molecule has 16 heavy (non-hydrogen) atoms. The van der Waals surface area contributed by atoms with Gasteiger partial charge in [0.2, 0.25) is 15.9 Å². The Hall–Kier alpha value is -0.440. The number of nitrogens with two attached hydrogens (primary N) is 1. The third-order valence-corrected chi connectivity index (χ3v) is 5.24. The van der Waals surface area contributed by atoms with E-state index in [2.05, 4.69) is 20.7 Å². The van der Waals surface area contributed by atoms with Crippen LogP contribution in [0.4, 0.5) is 0 Å². The van der Waals surface area contributed by atoms with E-state index < -0.39 is 22.0 Å². The van der Waals surface area contributed by atoms with Gasteiger partial charge >= 0.3 is 0 Å². The number of hydrogen-bond acceptors (Lipinski definition) is 4. The Bertz CT molecular complexity index is 509. The van der Waals surface area contributed by atoms with E-state index >= 15 is 0 Å². The first-order valence-electron chi connectivity index (χ1n) is 4.31. The van der Waals surface area contributed by atoms with E-state index in [1.807, 2.05) is 0 Å². The molecule has 0 fully saturated rings. The van der Waals surface area contributed by atoms with Crippen molar-refractivity contribution in [2.45, 2.75) is 24.8 Å². The van der Waals surface area contributed by atoms with Gasteiger partial charge in [-0.1, -0.05) is 0 Å². The average Bonchev–Trinajstić information content (AvgIpc) is 2.45. The van der Waals surface area contributed by atoms with E-state index in [1.165, 1.54) is 24.3 Å². The number of nitrogens with one attached hydrogen (secondary N) is 1. The normalized spacial score (nSPS) is 13.7. The fourth-order valence-corrected chi connectivity index (χ4v) is 4.68. The van der Waals surface area contributed by atoms with Crippen LogP contribution in [0.15, 0.2) is 14.7 Å². The summed E-state index contributed by atoms with van der Waals surface area (Å²) in [5, 5.41) is 0. The standard InChI is InChI=1S/C8H11BrN2O3S2/c1-4(8(10)12)11-16(13,14)6-3-7(9)15-5(6)2/h3-4,11H,1-2H3,(H2,10,12). The van der Waals surface area contributed by atoms with Gasteiger partial charge in [0.1, 0.15) is 0 Å². The Kier molecular flexibility index (Phi) is 4.11. The number of sulfonamides is 1. The van der Waals surface area contributed by atoms with Gasteiger partial charge in [-0.05, 0) is 35.8 Å². The molecule has 1 atom stereocenters. The van der Waals surface area contributed by atoms with Gasteiger partial charge in [-0.3, -0.25) is 4.79 Å². The van der Waals surface area contributed by atoms with Crippen LogP contribution in [-0.2, 0) is 14.8 Å². The number of carbonyl (C=O) groups is 1. The maximum absolute atomic E-state index is 11.8. The Morgan fingerprint density at radius 2 is 2.19 bits per heavy atom. The van der Waals surface area contributed by atoms with E-state index in [9.17, 15) is 13.2 Å². The average molecular weight is 327 g/mol. The van der Waals surface area contributed by atoms with Crippen molar-refractivity contribution in [3.63, 3.8) is 0 Å². The first-order valence-corrected chi connectivity index (χ1v) is 7.41. The summed E-state index contributed by atoms with van der Waals surface area (Å²) < 4.78 is 26.6. The Morgan fingerprint density at radius 3 is 2.56 bits per heavy atom. The van der Waals surface area contributed by atoms with E-state index in [4.69, 9.17) is 5.73 Å². The molecule has 1 heterocycles. The SMILES string of the molecule is Cc1sc(Br)cc1S(=O)(=O)NC(C)C(N)=O. The lowest BCUT2D eigenvalue weighted by Gasteiger charge is -2.10. The van der Waals surface area contributed by atoms with Crippen LogP contribution >= 0.6 is 27.3 Å². The second-order valence-electron chi connectivity index (χ2n) is 3.22. The summed E-state index contributed by atoms with van der Waals surface area (Å²) in [5.41, 5.74) is 4.99. The third-order valence-electron chi connectivity index (χ3n) is 1.89. The van der Waals surface area contributed by atoms with Crippen LogP contribution < -0.4 is 10.5 Å². The van der Waals surface area contributed by atoms with E-state index in [1.54, 1.807) is 6.92 Å². The number of aryl methyl sites for hydroxylation is 1. The molecule has 8 heteroatoms. The highest BCUT2D eigenvalue weighted by atomic mass is 79.9. The number of primary amides is 1. The van der Waals surface area contributed by atoms with Gasteiger partial charge in [0.25, 0.3) is 0 Å². The zero-order chi connectivity index (χ0) is 12.5. The minimum atomic E-state index is -3.68. The number of halogens is 1. The van der Waals surface area contributed by atoms with Crippen molar-refractivity contribution in [1.29, 1.82) is 0 Å². The molecule has 0 aliphatic rings. The molecule has 1 aromatic heterocycles. The number of amides is 1.